The molecule has 0 spiro atoms. The molecule has 0 unspecified atom stereocenters. The first kappa shape index (κ1) is 20.7. The average molecular weight is 414 g/mol. The van der Waals surface area contributed by atoms with Crippen molar-refractivity contribution in [2.45, 2.75) is 18.9 Å². The van der Waals surface area contributed by atoms with Gasteiger partial charge in [-0.2, -0.15) is 5.10 Å². The fourth-order valence-electron chi connectivity index (χ4n) is 2.71. The van der Waals surface area contributed by atoms with E-state index in [0.29, 0.717) is 28.7 Å². The largest absolute Gasteiger partial charge is 0.493 e. The lowest BCUT2D eigenvalue weighted by atomic mass is 10.2. The first-order valence-electron chi connectivity index (χ1n) is 9.14. The third kappa shape index (κ3) is 6.23. The number of carbonyl (C=O) groups is 1. The third-order valence-electron chi connectivity index (χ3n) is 4.18. The summed E-state index contributed by atoms with van der Waals surface area (Å²) in [6.07, 6.45) is 6.94. The summed E-state index contributed by atoms with van der Waals surface area (Å²) in [5.41, 5.74) is 3.86. The molecule has 1 saturated heterocycles. The van der Waals surface area contributed by atoms with Gasteiger partial charge in [0.25, 0.3) is 0 Å². The number of rotatable bonds is 7. The van der Waals surface area contributed by atoms with Crippen LogP contribution in [0.15, 0.2) is 47.8 Å². The van der Waals surface area contributed by atoms with Gasteiger partial charge in [0.2, 0.25) is 0 Å². The number of aromatic nitrogens is 1. The molecule has 0 radical (unpaired) electrons. The molecule has 152 valence electrons. The van der Waals surface area contributed by atoms with Crippen molar-refractivity contribution in [3.8, 4) is 11.5 Å². The quantitative estimate of drug-likeness (QED) is 0.234. The number of hydrazone groups is 1. The standard InChI is InChI=1S/C20H22N4O4S/c1-26-18-10-14(11-23-24-20(29)22-13-16-5-3-9-27-16)6-7-17(18)28-19(25)15-4-2-8-21-12-15/h2,4,6-8,10-12,16H,3,5,9,13H2,1H3,(H2,22,24,29)/b23-11-/t16-/m0/s1. The Balaban J connectivity index is 1.54. The van der Waals surface area contributed by atoms with Gasteiger partial charge in [-0.15, -0.1) is 0 Å². The van der Waals surface area contributed by atoms with Crippen LogP contribution in [0.25, 0.3) is 0 Å². The fourth-order valence-corrected chi connectivity index (χ4v) is 2.84. The second kappa shape index (κ2) is 10.5. The van der Waals surface area contributed by atoms with Gasteiger partial charge in [-0.05, 0) is 61.0 Å². The van der Waals surface area contributed by atoms with Crippen molar-refractivity contribution in [1.29, 1.82) is 0 Å². The van der Waals surface area contributed by atoms with Crippen molar-refractivity contribution < 1.29 is 19.0 Å². The molecule has 9 heteroatoms. The van der Waals surface area contributed by atoms with Crippen LogP contribution in [0.4, 0.5) is 0 Å². The van der Waals surface area contributed by atoms with Crippen LogP contribution >= 0.6 is 12.2 Å². The maximum atomic E-state index is 12.2. The predicted molar refractivity (Wildman–Crippen MR) is 112 cm³/mol. The van der Waals surface area contributed by atoms with E-state index in [4.69, 9.17) is 26.4 Å². The zero-order valence-electron chi connectivity index (χ0n) is 16.0. The summed E-state index contributed by atoms with van der Waals surface area (Å²) in [7, 11) is 1.50. The summed E-state index contributed by atoms with van der Waals surface area (Å²) in [5.74, 6) is 0.202. The summed E-state index contributed by atoms with van der Waals surface area (Å²) in [6, 6.07) is 8.40. The van der Waals surface area contributed by atoms with Gasteiger partial charge in [-0.1, -0.05) is 0 Å². The Labute approximate surface area is 174 Å². The highest BCUT2D eigenvalue weighted by atomic mass is 32.1. The van der Waals surface area contributed by atoms with Crippen LogP contribution in [0.2, 0.25) is 0 Å². The molecule has 2 aromatic rings. The number of hydrogen-bond donors (Lipinski definition) is 2. The van der Waals surface area contributed by atoms with Crippen molar-refractivity contribution in [2.75, 3.05) is 20.3 Å². The predicted octanol–water partition coefficient (Wildman–Crippen LogP) is 2.29. The van der Waals surface area contributed by atoms with Gasteiger partial charge >= 0.3 is 5.97 Å². The smallest absolute Gasteiger partial charge is 0.345 e. The third-order valence-corrected chi connectivity index (χ3v) is 4.42. The second-order valence-electron chi connectivity index (χ2n) is 6.26. The van der Waals surface area contributed by atoms with Gasteiger partial charge in [-0.25, -0.2) is 4.79 Å². The van der Waals surface area contributed by atoms with Gasteiger partial charge in [0.15, 0.2) is 16.6 Å². The molecule has 0 amide bonds. The normalized spacial score (nSPS) is 15.8. The van der Waals surface area contributed by atoms with E-state index in [-0.39, 0.29) is 6.10 Å². The maximum absolute atomic E-state index is 12.2. The van der Waals surface area contributed by atoms with Crippen LogP contribution in [0.3, 0.4) is 0 Å². The van der Waals surface area contributed by atoms with E-state index in [1.807, 2.05) is 0 Å². The molecule has 2 heterocycles. The number of pyridine rings is 1. The number of benzene rings is 1. The Morgan fingerprint density at radius 1 is 1.41 bits per heavy atom. The molecule has 1 aromatic carbocycles. The van der Waals surface area contributed by atoms with Gasteiger partial charge in [0.1, 0.15) is 0 Å². The molecule has 0 saturated carbocycles. The SMILES string of the molecule is COc1cc(/C=N\NC(=S)NC[C@@H]2CCCO2)ccc1OC(=O)c1cccnc1. The molecule has 2 N–H and O–H groups in total. The number of carbonyl (C=O) groups excluding carboxylic acids is 1. The van der Waals surface area contributed by atoms with Crippen molar-refractivity contribution in [1.82, 2.24) is 15.7 Å². The number of thiocarbonyl (C=S) groups is 1. The molecule has 1 aliphatic heterocycles. The molecule has 1 aromatic heterocycles. The Hall–Kier alpha value is -3.04. The topological polar surface area (TPSA) is 94.1 Å². The second-order valence-corrected chi connectivity index (χ2v) is 6.66. The summed E-state index contributed by atoms with van der Waals surface area (Å²) in [5, 5.41) is 7.61. The highest BCUT2D eigenvalue weighted by Crippen LogP contribution is 2.28. The minimum Gasteiger partial charge on any atom is -0.493 e. The molecule has 0 bridgehead atoms. The molecule has 1 atom stereocenters. The molecule has 1 aliphatic rings. The molecular weight excluding hydrogens is 392 g/mol. The highest BCUT2D eigenvalue weighted by Gasteiger charge is 2.15. The molecule has 0 aliphatic carbocycles. The lowest BCUT2D eigenvalue weighted by molar-refractivity contribution is 0.0729. The molecule has 29 heavy (non-hydrogen) atoms. The van der Waals surface area contributed by atoms with E-state index in [1.54, 1.807) is 42.7 Å². The van der Waals surface area contributed by atoms with E-state index in [2.05, 4.69) is 20.8 Å². The molecular formula is C20H22N4O4S. The van der Waals surface area contributed by atoms with Crippen LogP contribution in [0.1, 0.15) is 28.8 Å². The van der Waals surface area contributed by atoms with Crippen molar-refractivity contribution >= 4 is 29.5 Å². The molecule has 1 fully saturated rings. The number of hydrogen-bond acceptors (Lipinski definition) is 7. The first-order chi connectivity index (χ1) is 14.2. The van der Waals surface area contributed by atoms with E-state index >= 15 is 0 Å². The van der Waals surface area contributed by atoms with E-state index in [1.165, 1.54) is 13.3 Å². The van der Waals surface area contributed by atoms with E-state index in [9.17, 15) is 4.79 Å². The van der Waals surface area contributed by atoms with Crippen LogP contribution < -0.4 is 20.2 Å². The van der Waals surface area contributed by atoms with Gasteiger partial charge < -0.3 is 19.5 Å². The van der Waals surface area contributed by atoms with Gasteiger partial charge in [-0.3, -0.25) is 10.4 Å². The number of esters is 1. The zero-order chi connectivity index (χ0) is 20.5. The van der Waals surface area contributed by atoms with Crippen molar-refractivity contribution in [3.63, 3.8) is 0 Å². The molecule has 3 rings (SSSR count). The minimum absolute atomic E-state index is 0.199. The van der Waals surface area contributed by atoms with Crippen LogP contribution in [-0.2, 0) is 4.74 Å². The van der Waals surface area contributed by atoms with Crippen LogP contribution in [-0.4, -0.2) is 48.6 Å². The number of nitrogens with one attached hydrogen (secondary N) is 2. The van der Waals surface area contributed by atoms with E-state index in [0.717, 1.165) is 25.0 Å². The average Bonchev–Trinajstić information content (AvgIpc) is 3.27. The Bertz CT molecular complexity index is 870. The summed E-state index contributed by atoms with van der Waals surface area (Å²) < 4.78 is 16.2. The summed E-state index contributed by atoms with van der Waals surface area (Å²) in [4.78, 5) is 16.1. The summed E-state index contributed by atoms with van der Waals surface area (Å²) >= 11 is 5.19. The van der Waals surface area contributed by atoms with Crippen molar-refractivity contribution in [2.24, 2.45) is 5.10 Å². The zero-order valence-corrected chi connectivity index (χ0v) is 16.8. The first-order valence-corrected chi connectivity index (χ1v) is 9.55. The van der Waals surface area contributed by atoms with Crippen LogP contribution in [0.5, 0.6) is 11.5 Å². The highest BCUT2D eigenvalue weighted by molar-refractivity contribution is 7.80. The van der Waals surface area contributed by atoms with Crippen LogP contribution in [0, 0.1) is 0 Å². The maximum Gasteiger partial charge on any atom is 0.345 e. The fraction of sp³-hybridized carbons (Fsp3) is 0.300. The van der Waals surface area contributed by atoms with E-state index < -0.39 is 5.97 Å². The minimum atomic E-state index is -0.512. The lowest BCUT2D eigenvalue weighted by Gasteiger charge is -2.12. The lowest BCUT2D eigenvalue weighted by Crippen LogP contribution is -2.37. The summed E-state index contributed by atoms with van der Waals surface area (Å²) in [6.45, 7) is 1.46. The molecule has 8 nitrogen and oxygen atoms in total. The Morgan fingerprint density at radius 2 is 2.31 bits per heavy atom. The monoisotopic (exact) mass is 414 g/mol. The Morgan fingerprint density at radius 3 is 3.03 bits per heavy atom. The van der Waals surface area contributed by atoms with Gasteiger partial charge in [0, 0.05) is 25.5 Å². The Kier molecular flexibility index (Phi) is 7.48. The van der Waals surface area contributed by atoms with Gasteiger partial charge in [0.05, 0.1) is 25.0 Å². The number of nitrogens with zero attached hydrogens (tertiary/aromatic N) is 2. The number of methoxy groups -OCH3 is 1. The van der Waals surface area contributed by atoms with Crippen molar-refractivity contribution in [3.05, 3.63) is 53.9 Å². The number of ether oxygens (including phenoxy) is 3.